The topological polar surface area (TPSA) is 54.7 Å². The first-order valence-electron chi connectivity index (χ1n) is 5.31. The Morgan fingerprint density at radius 3 is 2.87 bits per heavy atom. The Labute approximate surface area is 88.7 Å². The predicted molar refractivity (Wildman–Crippen MR) is 61.6 cm³/mol. The lowest BCUT2D eigenvalue weighted by Gasteiger charge is -1.97. The van der Waals surface area contributed by atoms with Gasteiger partial charge in [0.2, 0.25) is 0 Å². The number of H-pyrrole nitrogens is 1. The molecule has 78 valence electrons. The molecule has 1 saturated carbocycles. The summed E-state index contributed by atoms with van der Waals surface area (Å²) < 4.78 is 0. The van der Waals surface area contributed by atoms with Crippen LogP contribution in [-0.4, -0.2) is 9.97 Å². The lowest BCUT2D eigenvalue weighted by Crippen LogP contribution is -1.91. The standard InChI is InChI=1S/C12H15N3/c1-12(2)6-8(12)11-14-9-4-3-7(13)5-10(9)15-11/h3-5,8H,6,13H2,1-2H3,(H,14,15). The monoisotopic (exact) mass is 201 g/mol. The Bertz CT molecular complexity index is 525. The van der Waals surface area contributed by atoms with Gasteiger partial charge in [-0.2, -0.15) is 0 Å². The second kappa shape index (κ2) is 2.54. The van der Waals surface area contributed by atoms with E-state index in [0.717, 1.165) is 22.5 Å². The number of anilines is 1. The molecule has 1 heterocycles. The Morgan fingerprint density at radius 2 is 2.20 bits per heavy atom. The van der Waals surface area contributed by atoms with Crippen LogP contribution in [0.2, 0.25) is 0 Å². The summed E-state index contributed by atoms with van der Waals surface area (Å²) in [5.41, 5.74) is 9.00. The summed E-state index contributed by atoms with van der Waals surface area (Å²) >= 11 is 0. The molecular weight excluding hydrogens is 186 g/mol. The fourth-order valence-corrected chi connectivity index (χ4v) is 2.15. The first-order chi connectivity index (χ1) is 7.06. The van der Waals surface area contributed by atoms with Crippen molar-refractivity contribution in [1.82, 2.24) is 9.97 Å². The molecule has 1 fully saturated rings. The molecule has 0 radical (unpaired) electrons. The highest BCUT2D eigenvalue weighted by atomic mass is 14.9. The van der Waals surface area contributed by atoms with Crippen LogP contribution in [0.1, 0.15) is 32.0 Å². The Balaban J connectivity index is 2.08. The minimum atomic E-state index is 0.416. The van der Waals surface area contributed by atoms with E-state index >= 15 is 0 Å². The fourth-order valence-electron chi connectivity index (χ4n) is 2.15. The van der Waals surface area contributed by atoms with Crippen molar-refractivity contribution in [1.29, 1.82) is 0 Å². The predicted octanol–water partition coefficient (Wildman–Crippen LogP) is 2.66. The van der Waals surface area contributed by atoms with Crippen molar-refractivity contribution in [2.45, 2.75) is 26.2 Å². The van der Waals surface area contributed by atoms with Gasteiger partial charge in [0.25, 0.3) is 0 Å². The molecule has 15 heavy (non-hydrogen) atoms. The third kappa shape index (κ3) is 1.30. The lowest BCUT2D eigenvalue weighted by molar-refractivity contribution is 0.612. The van der Waals surface area contributed by atoms with Gasteiger partial charge in [-0.25, -0.2) is 4.98 Å². The molecule has 0 aliphatic heterocycles. The summed E-state index contributed by atoms with van der Waals surface area (Å²) in [5, 5.41) is 0. The molecule has 3 N–H and O–H groups in total. The Morgan fingerprint density at radius 1 is 1.47 bits per heavy atom. The van der Waals surface area contributed by atoms with Crippen LogP contribution >= 0.6 is 0 Å². The molecule has 1 atom stereocenters. The molecule has 0 amide bonds. The van der Waals surface area contributed by atoms with E-state index < -0.39 is 0 Å². The fraction of sp³-hybridized carbons (Fsp3) is 0.417. The van der Waals surface area contributed by atoms with Gasteiger partial charge in [-0.15, -0.1) is 0 Å². The van der Waals surface area contributed by atoms with Crippen LogP contribution in [0.5, 0.6) is 0 Å². The zero-order valence-electron chi connectivity index (χ0n) is 9.04. The zero-order valence-corrected chi connectivity index (χ0v) is 9.04. The number of aromatic amines is 1. The van der Waals surface area contributed by atoms with Gasteiger partial charge in [-0.05, 0) is 30.0 Å². The summed E-state index contributed by atoms with van der Waals surface area (Å²) in [6.07, 6.45) is 1.22. The van der Waals surface area contributed by atoms with Gasteiger partial charge >= 0.3 is 0 Å². The number of hydrogen-bond donors (Lipinski definition) is 2. The second-order valence-corrected chi connectivity index (χ2v) is 5.14. The van der Waals surface area contributed by atoms with E-state index in [1.807, 2.05) is 18.2 Å². The number of aromatic nitrogens is 2. The zero-order chi connectivity index (χ0) is 10.6. The highest BCUT2D eigenvalue weighted by Gasteiger charge is 2.48. The first-order valence-corrected chi connectivity index (χ1v) is 5.31. The van der Waals surface area contributed by atoms with Crippen molar-refractivity contribution in [2.75, 3.05) is 5.73 Å². The van der Waals surface area contributed by atoms with Crippen molar-refractivity contribution >= 4 is 16.7 Å². The minimum Gasteiger partial charge on any atom is -0.399 e. The number of benzene rings is 1. The average Bonchev–Trinajstić information content (AvgIpc) is 2.63. The summed E-state index contributed by atoms with van der Waals surface area (Å²) in [6.45, 7) is 4.55. The van der Waals surface area contributed by atoms with Gasteiger partial charge in [0, 0.05) is 11.6 Å². The van der Waals surface area contributed by atoms with Crippen LogP contribution in [0, 0.1) is 5.41 Å². The summed E-state index contributed by atoms with van der Waals surface area (Å²) in [5.74, 6) is 1.70. The van der Waals surface area contributed by atoms with Crippen LogP contribution in [0.4, 0.5) is 5.69 Å². The SMILES string of the molecule is CC1(C)CC1c1nc2ccc(N)cc2[nH]1. The molecule has 1 unspecified atom stereocenters. The number of nitrogens with two attached hydrogens (primary N) is 1. The molecule has 3 nitrogen and oxygen atoms in total. The highest BCUT2D eigenvalue weighted by Crippen LogP contribution is 2.57. The van der Waals surface area contributed by atoms with E-state index in [2.05, 4.69) is 23.8 Å². The van der Waals surface area contributed by atoms with Gasteiger partial charge in [0.15, 0.2) is 0 Å². The molecule has 0 spiro atoms. The van der Waals surface area contributed by atoms with Gasteiger partial charge in [-0.1, -0.05) is 13.8 Å². The molecule has 2 aromatic rings. The van der Waals surface area contributed by atoms with Crippen molar-refractivity contribution in [3.05, 3.63) is 24.0 Å². The largest absolute Gasteiger partial charge is 0.399 e. The van der Waals surface area contributed by atoms with Crippen LogP contribution in [-0.2, 0) is 0 Å². The van der Waals surface area contributed by atoms with E-state index in [4.69, 9.17) is 5.73 Å². The van der Waals surface area contributed by atoms with E-state index in [-0.39, 0.29) is 0 Å². The normalized spacial score (nSPS) is 23.2. The van der Waals surface area contributed by atoms with Gasteiger partial charge < -0.3 is 10.7 Å². The molecular formula is C12H15N3. The molecule has 1 aliphatic rings. The van der Waals surface area contributed by atoms with Crippen LogP contribution in [0.15, 0.2) is 18.2 Å². The number of nitrogen functional groups attached to an aromatic ring is 1. The number of nitrogens with one attached hydrogen (secondary N) is 1. The maximum atomic E-state index is 5.73. The number of imidazole rings is 1. The van der Waals surface area contributed by atoms with Gasteiger partial charge in [-0.3, -0.25) is 0 Å². The number of rotatable bonds is 1. The van der Waals surface area contributed by atoms with Crippen molar-refractivity contribution in [2.24, 2.45) is 5.41 Å². The van der Waals surface area contributed by atoms with Crippen molar-refractivity contribution < 1.29 is 0 Å². The average molecular weight is 201 g/mol. The second-order valence-electron chi connectivity index (χ2n) is 5.14. The third-order valence-corrected chi connectivity index (χ3v) is 3.37. The van der Waals surface area contributed by atoms with Crippen LogP contribution < -0.4 is 5.73 Å². The minimum absolute atomic E-state index is 0.416. The summed E-state index contributed by atoms with van der Waals surface area (Å²) in [4.78, 5) is 7.96. The quantitative estimate of drug-likeness (QED) is 0.697. The Hall–Kier alpha value is -1.51. The summed E-state index contributed by atoms with van der Waals surface area (Å²) in [6, 6.07) is 5.81. The third-order valence-electron chi connectivity index (χ3n) is 3.37. The molecule has 1 aliphatic carbocycles. The summed E-state index contributed by atoms with van der Waals surface area (Å²) in [7, 11) is 0. The number of nitrogens with zero attached hydrogens (tertiary/aromatic N) is 1. The van der Waals surface area contributed by atoms with Gasteiger partial charge in [0.1, 0.15) is 5.82 Å². The maximum absolute atomic E-state index is 5.73. The first kappa shape index (κ1) is 8.77. The molecule has 1 aromatic heterocycles. The lowest BCUT2D eigenvalue weighted by atomic mass is 10.1. The highest BCUT2D eigenvalue weighted by molar-refractivity contribution is 5.78. The maximum Gasteiger partial charge on any atom is 0.110 e. The Kier molecular flexibility index (Phi) is 1.48. The van der Waals surface area contributed by atoms with E-state index in [1.54, 1.807) is 0 Å². The smallest absolute Gasteiger partial charge is 0.110 e. The van der Waals surface area contributed by atoms with E-state index in [9.17, 15) is 0 Å². The molecule has 3 rings (SSSR count). The molecule has 0 saturated heterocycles. The van der Waals surface area contributed by atoms with Crippen LogP contribution in [0.25, 0.3) is 11.0 Å². The van der Waals surface area contributed by atoms with Crippen molar-refractivity contribution in [3.63, 3.8) is 0 Å². The molecule has 0 bridgehead atoms. The molecule has 3 heteroatoms. The van der Waals surface area contributed by atoms with E-state index in [1.165, 1.54) is 6.42 Å². The van der Waals surface area contributed by atoms with Crippen molar-refractivity contribution in [3.8, 4) is 0 Å². The molecule has 1 aromatic carbocycles. The number of fused-ring (bicyclic) bond motifs is 1. The van der Waals surface area contributed by atoms with E-state index in [0.29, 0.717) is 11.3 Å². The van der Waals surface area contributed by atoms with Gasteiger partial charge in [0.05, 0.1) is 11.0 Å². The van der Waals surface area contributed by atoms with Crippen LogP contribution in [0.3, 0.4) is 0 Å². The number of hydrogen-bond acceptors (Lipinski definition) is 2.